The minimum Gasteiger partial charge on any atom is -0.353 e. The number of nitrogens with two attached hydrogens (primary N) is 1. The van der Waals surface area contributed by atoms with Crippen LogP contribution in [0, 0.1) is 5.41 Å². The fourth-order valence-corrected chi connectivity index (χ4v) is 2.72. The second-order valence-corrected chi connectivity index (χ2v) is 6.78. The van der Waals surface area contributed by atoms with Gasteiger partial charge in [-0.2, -0.15) is 0 Å². The highest BCUT2D eigenvalue weighted by Gasteiger charge is 2.25. The topological polar surface area (TPSA) is 75.4 Å². The van der Waals surface area contributed by atoms with Gasteiger partial charge in [0.25, 0.3) is 0 Å². The number of hydrogen-bond donors (Lipinski definition) is 2. The molecule has 5 heteroatoms. The number of carbonyl (C=O) groups is 2. The molecule has 0 aliphatic carbocycles. The van der Waals surface area contributed by atoms with Gasteiger partial charge in [0.2, 0.25) is 11.8 Å². The lowest BCUT2D eigenvalue weighted by Gasteiger charge is -2.33. The van der Waals surface area contributed by atoms with Gasteiger partial charge in [-0.25, -0.2) is 0 Å². The van der Waals surface area contributed by atoms with E-state index >= 15 is 0 Å². The summed E-state index contributed by atoms with van der Waals surface area (Å²) >= 11 is 0. The average molecular weight is 297 g/mol. The van der Waals surface area contributed by atoms with Crippen molar-refractivity contribution in [1.29, 1.82) is 0 Å². The third kappa shape index (κ3) is 6.46. The lowest BCUT2D eigenvalue weighted by molar-refractivity contribution is -0.133. The average Bonchev–Trinajstić information content (AvgIpc) is 2.45. The minimum absolute atomic E-state index is 0.100. The number of piperidine rings is 1. The number of nitrogens with one attached hydrogen (secondary N) is 1. The lowest BCUT2D eigenvalue weighted by atomic mass is 9.84. The van der Waals surface area contributed by atoms with Crippen LogP contribution < -0.4 is 11.1 Å². The zero-order chi connectivity index (χ0) is 15.9. The third-order valence-corrected chi connectivity index (χ3v) is 4.37. The van der Waals surface area contributed by atoms with Crippen LogP contribution in [0.15, 0.2) is 0 Å². The fourth-order valence-electron chi connectivity index (χ4n) is 2.72. The van der Waals surface area contributed by atoms with Gasteiger partial charge in [-0.1, -0.05) is 20.8 Å². The third-order valence-electron chi connectivity index (χ3n) is 4.37. The summed E-state index contributed by atoms with van der Waals surface area (Å²) < 4.78 is 0. The molecule has 3 N–H and O–H groups in total. The Morgan fingerprint density at radius 2 is 1.86 bits per heavy atom. The van der Waals surface area contributed by atoms with Crippen LogP contribution in [0.4, 0.5) is 0 Å². The Labute approximate surface area is 128 Å². The molecule has 1 rings (SSSR count). The second kappa shape index (κ2) is 8.37. The number of rotatable bonds is 7. The van der Waals surface area contributed by atoms with Crippen LogP contribution in [0.3, 0.4) is 0 Å². The van der Waals surface area contributed by atoms with Crippen LogP contribution in [0.25, 0.3) is 0 Å². The number of nitrogens with zero attached hydrogens (tertiary/aromatic N) is 1. The number of likely N-dealkylation sites (tertiary alicyclic amines) is 1. The van der Waals surface area contributed by atoms with E-state index in [-0.39, 0.29) is 23.3 Å². The van der Waals surface area contributed by atoms with Crippen LogP contribution >= 0.6 is 0 Å². The predicted octanol–water partition coefficient (Wildman–Crippen LogP) is 1.66. The van der Waals surface area contributed by atoms with Gasteiger partial charge in [-0.05, 0) is 37.6 Å². The Hall–Kier alpha value is -1.10. The van der Waals surface area contributed by atoms with E-state index in [4.69, 9.17) is 5.73 Å². The van der Waals surface area contributed by atoms with Crippen molar-refractivity contribution < 1.29 is 9.59 Å². The van der Waals surface area contributed by atoms with Crippen molar-refractivity contribution >= 4 is 11.8 Å². The Morgan fingerprint density at radius 1 is 1.24 bits per heavy atom. The summed E-state index contributed by atoms with van der Waals surface area (Å²) in [4.78, 5) is 25.5. The van der Waals surface area contributed by atoms with E-state index in [0.29, 0.717) is 19.4 Å². The summed E-state index contributed by atoms with van der Waals surface area (Å²) in [5.74, 6) is 0.337. The van der Waals surface area contributed by atoms with Crippen LogP contribution in [-0.2, 0) is 9.59 Å². The molecular formula is C16H31N3O2. The van der Waals surface area contributed by atoms with E-state index in [2.05, 4.69) is 19.2 Å². The molecule has 0 radical (unpaired) electrons. The molecule has 0 saturated carbocycles. The Balaban J connectivity index is 2.30. The zero-order valence-corrected chi connectivity index (χ0v) is 13.8. The molecule has 1 saturated heterocycles. The molecule has 1 heterocycles. The van der Waals surface area contributed by atoms with Crippen molar-refractivity contribution in [1.82, 2.24) is 10.2 Å². The maximum Gasteiger partial charge on any atom is 0.222 e. The molecule has 1 aliphatic heterocycles. The van der Waals surface area contributed by atoms with Crippen LogP contribution in [0.1, 0.15) is 59.3 Å². The molecule has 21 heavy (non-hydrogen) atoms. The lowest BCUT2D eigenvalue weighted by Crippen LogP contribution is -2.46. The van der Waals surface area contributed by atoms with Crippen molar-refractivity contribution in [3.63, 3.8) is 0 Å². The monoisotopic (exact) mass is 297 g/mol. The maximum absolute atomic E-state index is 12.2. The Kier molecular flexibility index (Phi) is 7.15. The van der Waals surface area contributed by atoms with E-state index in [1.165, 1.54) is 0 Å². The van der Waals surface area contributed by atoms with Gasteiger partial charge < -0.3 is 16.0 Å². The minimum atomic E-state index is 0.100. The van der Waals surface area contributed by atoms with E-state index in [1.54, 1.807) is 0 Å². The van der Waals surface area contributed by atoms with Gasteiger partial charge >= 0.3 is 0 Å². The standard InChI is InChI=1S/C16H31N3O2/c1-4-14(20)18-13-6-11-19(12-7-13)15(21)5-8-16(2,3)9-10-17/h13H,4-12,17H2,1-3H3,(H,18,20). The van der Waals surface area contributed by atoms with Gasteiger partial charge in [0.1, 0.15) is 0 Å². The number of amides is 2. The molecule has 0 aromatic carbocycles. The first-order chi connectivity index (χ1) is 9.88. The summed E-state index contributed by atoms with van der Waals surface area (Å²) in [6.07, 6.45) is 4.68. The van der Waals surface area contributed by atoms with E-state index < -0.39 is 0 Å². The highest BCUT2D eigenvalue weighted by molar-refractivity contribution is 5.77. The van der Waals surface area contributed by atoms with Crippen molar-refractivity contribution in [2.24, 2.45) is 11.1 Å². The van der Waals surface area contributed by atoms with E-state index in [1.807, 2.05) is 11.8 Å². The first-order valence-corrected chi connectivity index (χ1v) is 8.15. The van der Waals surface area contributed by atoms with Crippen LogP contribution in [0.2, 0.25) is 0 Å². The van der Waals surface area contributed by atoms with Gasteiger partial charge in [-0.3, -0.25) is 9.59 Å². The quantitative estimate of drug-likeness (QED) is 0.750. The van der Waals surface area contributed by atoms with Gasteiger partial charge in [-0.15, -0.1) is 0 Å². The number of hydrogen-bond acceptors (Lipinski definition) is 3. The Morgan fingerprint density at radius 3 is 2.38 bits per heavy atom. The number of carbonyl (C=O) groups excluding carboxylic acids is 2. The van der Waals surface area contributed by atoms with Gasteiger partial charge in [0.05, 0.1) is 0 Å². The molecule has 0 aromatic heterocycles. The summed E-state index contributed by atoms with van der Waals surface area (Å²) in [7, 11) is 0. The second-order valence-electron chi connectivity index (χ2n) is 6.78. The fraction of sp³-hybridized carbons (Fsp3) is 0.875. The first kappa shape index (κ1) is 18.0. The summed E-state index contributed by atoms with van der Waals surface area (Å²) in [6, 6.07) is 0.232. The van der Waals surface area contributed by atoms with Crippen molar-refractivity contribution in [3.05, 3.63) is 0 Å². The normalized spacial score (nSPS) is 16.9. The highest BCUT2D eigenvalue weighted by atomic mass is 16.2. The van der Waals surface area contributed by atoms with E-state index in [0.717, 1.165) is 38.8 Å². The molecule has 122 valence electrons. The van der Waals surface area contributed by atoms with Crippen molar-refractivity contribution in [2.75, 3.05) is 19.6 Å². The molecule has 0 aromatic rings. The molecule has 0 unspecified atom stereocenters. The molecule has 0 atom stereocenters. The molecule has 2 amide bonds. The predicted molar refractivity (Wildman–Crippen MR) is 84.7 cm³/mol. The Bertz CT molecular complexity index is 347. The van der Waals surface area contributed by atoms with Crippen molar-refractivity contribution in [3.8, 4) is 0 Å². The molecular weight excluding hydrogens is 266 g/mol. The molecule has 0 bridgehead atoms. The highest BCUT2D eigenvalue weighted by Crippen LogP contribution is 2.26. The molecule has 1 aliphatic rings. The van der Waals surface area contributed by atoms with Crippen LogP contribution in [-0.4, -0.2) is 42.4 Å². The largest absolute Gasteiger partial charge is 0.353 e. The summed E-state index contributed by atoms with van der Waals surface area (Å²) in [5, 5.41) is 3.01. The van der Waals surface area contributed by atoms with E-state index in [9.17, 15) is 9.59 Å². The zero-order valence-electron chi connectivity index (χ0n) is 13.8. The smallest absolute Gasteiger partial charge is 0.222 e. The van der Waals surface area contributed by atoms with Crippen LogP contribution in [0.5, 0.6) is 0 Å². The summed E-state index contributed by atoms with van der Waals surface area (Å²) in [5.41, 5.74) is 5.74. The first-order valence-electron chi connectivity index (χ1n) is 8.15. The molecule has 0 spiro atoms. The van der Waals surface area contributed by atoms with Gasteiger partial charge in [0, 0.05) is 32.0 Å². The SMILES string of the molecule is CCC(=O)NC1CCN(C(=O)CCC(C)(C)CCN)CC1. The van der Waals surface area contributed by atoms with Crippen molar-refractivity contribution in [2.45, 2.75) is 65.3 Å². The summed E-state index contributed by atoms with van der Waals surface area (Å²) in [6.45, 7) is 8.37. The molecule has 5 nitrogen and oxygen atoms in total. The maximum atomic E-state index is 12.2. The molecule has 1 fully saturated rings. The van der Waals surface area contributed by atoms with Gasteiger partial charge in [0.15, 0.2) is 0 Å².